The zero-order valence-corrected chi connectivity index (χ0v) is 18.5. The molecule has 166 valence electrons. The van der Waals surface area contributed by atoms with Crippen LogP contribution in [0.1, 0.15) is 40.0 Å². The summed E-state index contributed by atoms with van der Waals surface area (Å²) in [5, 5.41) is 4.50. The predicted molar refractivity (Wildman–Crippen MR) is 125 cm³/mol. The van der Waals surface area contributed by atoms with Gasteiger partial charge in [-0.15, -0.1) is 0 Å². The molecule has 0 fully saturated rings. The van der Waals surface area contributed by atoms with E-state index in [0.717, 1.165) is 16.9 Å². The van der Waals surface area contributed by atoms with Crippen molar-refractivity contribution in [3.05, 3.63) is 102 Å². The molecular weight excluding hydrogens is 416 g/mol. The number of anilines is 1. The summed E-state index contributed by atoms with van der Waals surface area (Å²) in [6.45, 7) is 0. The van der Waals surface area contributed by atoms with Crippen LogP contribution in [0.15, 0.2) is 85.2 Å². The summed E-state index contributed by atoms with van der Waals surface area (Å²) in [6, 6.07) is 24.9. The van der Waals surface area contributed by atoms with Crippen molar-refractivity contribution in [2.75, 3.05) is 19.1 Å². The predicted octanol–water partition coefficient (Wildman–Crippen LogP) is 4.68. The first-order valence-corrected chi connectivity index (χ1v) is 10.8. The fourth-order valence-electron chi connectivity index (χ4n) is 4.44. The number of para-hydroxylation sites is 1. The van der Waals surface area contributed by atoms with Gasteiger partial charge in [0.2, 0.25) is 5.95 Å². The fourth-order valence-corrected chi connectivity index (χ4v) is 4.44. The minimum Gasteiger partial charge on any atom is -0.497 e. The maximum Gasteiger partial charge on any atom is 0.264 e. The highest BCUT2D eigenvalue weighted by molar-refractivity contribution is 6.07. The van der Waals surface area contributed by atoms with Crippen LogP contribution in [-0.2, 0) is 0 Å². The highest BCUT2D eigenvalue weighted by Gasteiger charge is 2.40. The highest BCUT2D eigenvalue weighted by atomic mass is 16.5. The van der Waals surface area contributed by atoms with E-state index in [1.807, 2.05) is 59.3 Å². The number of carbonyl (C=O) groups excluding carboxylic acids is 1. The lowest BCUT2D eigenvalue weighted by molar-refractivity contribution is 0.0960. The SMILES string of the molecule is COc1ccc([C@H]2C[C@H](c3ccccc3)n3ncnc3N2C(=O)c2ccccc2OC)cc1. The molecule has 1 aromatic heterocycles. The molecule has 0 saturated heterocycles. The molecule has 2 heterocycles. The smallest absolute Gasteiger partial charge is 0.264 e. The largest absolute Gasteiger partial charge is 0.497 e. The number of amides is 1. The van der Waals surface area contributed by atoms with Gasteiger partial charge in [-0.1, -0.05) is 54.6 Å². The Balaban J connectivity index is 1.65. The molecule has 5 rings (SSSR count). The number of methoxy groups -OCH3 is 2. The van der Waals surface area contributed by atoms with Crippen LogP contribution in [0.25, 0.3) is 0 Å². The number of nitrogens with zero attached hydrogens (tertiary/aromatic N) is 4. The summed E-state index contributed by atoms with van der Waals surface area (Å²) in [7, 11) is 3.21. The Bertz CT molecular complexity index is 1250. The number of aromatic nitrogens is 3. The molecular formula is C26H24N4O3. The second-order valence-electron chi connectivity index (χ2n) is 7.83. The van der Waals surface area contributed by atoms with Gasteiger partial charge in [0.1, 0.15) is 17.8 Å². The molecule has 33 heavy (non-hydrogen) atoms. The van der Waals surface area contributed by atoms with Crippen molar-refractivity contribution >= 4 is 11.9 Å². The number of carbonyl (C=O) groups is 1. The average Bonchev–Trinajstić information content (AvgIpc) is 3.37. The molecule has 0 bridgehead atoms. The van der Waals surface area contributed by atoms with Crippen molar-refractivity contribution in [2.24, 2.45) is 0 Å². The molecule has 0 spiro atoms. The number of benzene rings is 3. The zero-order valence-electron chi connectivity index (χ0n) is 18.5. The van der Waals surface area contributed by atoms with Crippen molar-refractivity contribution < 1.29 is 14.3 Å². The molecule has 7 nitrogen and oxygen atoms in total. The van der Waals surface area contributed by atoms with Crippen LogP contribution in [0.3, 0.4) is 0 Å². The molecule has 0 N–H and O–H groups in total. The van der Waals surface area contributed by atoms with Crippen LogP contribution >= 0.6 is 0 Å². The van der Waals surface area contributed by atoms with Crippen LogP contribution in [-0.4, -0.2) is 34.9 Å². The van der Waals surface area contributed by atoms with Gasteiger partial charge in [-0.25, -0.2) is 4.68 Å². The lowest BCUT2D eigenvalue weighted by Crippen LogP contribution is -2.42. The first-order chi connectivity index (χ1) is 16.2. The van der Waals surface area contributed by atoms with Crippen LogP contribution < -0.4 is 14.4 Å². The summed E-state index contributed by atoms with van der Waals surface area (Å²) >= 11 is 0. The van der Waals surface area contributed by atoms with Crippen molar-refractivity contribution in [2.45, 2.75) is 18.5 Å². The van der Waals surface area contributed by atoms with E-state index in [-0.39, 0.29) is 18.0 Å². The zero-order chi connectivity index (χ0) is 22.8. The van der Waals surface area contributed by atoms with Gasteiger partial charge < -0.3 is 9.47 Å². The van der Waals surface area contributed by atoms with Crippen LogP contribution in [0.2, 0.25) is 0 Å². The van der Waals surface area contributed by atoms with E-state index in [1.165, 1.54) is 6.33 Å². The number of rotatable bonds is 5. The van der Waals surface area contributed by atoms with E-state index >= 15 is 0 Å². The maximum absolute atomic E-state index is 13.9. The average molecular weight is 441 g/mol. The topological polar surface area (TPSA) is 69.5 Å². The molecule has 7 heteroatoms. The quantitative estimate of drug-likeness (QED) is 0.451. The monoisotopic (exact) mass is 440 g/mol. The molecule has 0 radical (unpaired) electrons. The second kappa shape index (κ2) is 8.78. The summed E-state index contributed by atoms with van der Waals surface area (Å²) in [5.74, 6) is 1.60. The van der Waals surface area contributed by atoms with E-state index in [0.29, 0.717) is 23.7 Å². The number of fused-ring (bicyclic) bond motifs is 1. The summed E-state index contributed by atoms with van der Waals surface area (Å²) in [4.78, 5) is 20.2. The molecule has 1 aliphatic rings. The first kappa shape index (κ1) is 20.8. The minimum atomic E-state index is -0.254. The van der Waals surface area contributed by atoms with E-state index in [4.69, 9.17) is 9.47 Å². The van der Waals surface area contributed by atoms with Crippen molar-refractivity contribution in [1.29, 1.82) is 0 Å². The third-order valence-corrected chi connectivity index (χ3v) is 6.06. The van der Waals surface area contributed by atoms with Gasteiger partial charge in [0.25, 0.3) is 5.91 Å². The maximum atomic E-state index is 13.9. The van der Waals surface area contributed by atoms with Gasteiger partial charge in [-0.05, 0) is 41.8 Å². The molecule has 0 saturated carbocycles. The molecule has 3 aromatic carbocycles. The van der Waals surface area contributed by atoms with Gasteiger partial charge in [-0.2, -0.15) is 10.1 Å². The standard InChI is InChI=1S/C26H24N4O3/c1-32-20-14-12-19(13-15-20)22-16-23(18-8-4-3-5-9-18)30-26(27-17-28-30)29(22)25(31)21-10-6-7-11-24(21)33-2/h3-15,17,22-23H,16H2,1-2H3/t22-,23-/m1/s1. The molecule has 2 atom stereocenters. The number of ether oxygens (including phenoxy) is 2. The number of hydrogen-bond donors (Lipinski definition) is 0. The molecule has 1 aliphatic heterocycles. The highest BCUT2D eigenvalue weighted by Crippen LogP contribution is 2.43. The van der Waals surface area contributed by atoms with Gasteiger partial charge in [-0.3, -0.25) is 9.69 Å². The normalized spacial score (nSPS) is 17.3. The van der Waals surface area contributed by atoms with Gasteiger partial charge in [0, 0.05) is 0 Å². The molecule has 4 aromatic rings. The minimum absolute atomic E-state index is 0.0579. The second-order valence-corrected chi connectivity index (χ2v) is 7.83. The van der Waals surface area contributed by atoms with Gasteiger partial charge in [0.15, 0.2) is 0 Å². The van der Waals surface area contributed by atoms with Crippen molar-refractivity contribution in [3.63, 3.8) is 0 Å². The molecule has 0 aliphatic carbocycles. The third-order valence-electron chi connectivity index (χ3n) is 6.06. The van der Waals surface area contributed by atoms with E-state index in [9.17, 15) is 4.79 Å². The summed E-state index contributed by atoms with van der Waals surface area (Å²) in [5.41, 5.74) is 2.59. The summed E-state index contributed by atoms with van der Waals surface area (Å²) in [6.07, 6.45) is 2.15. The van der Waals surface area contributed by atoms with E-state index < -0.39 is 0 Å². The Morgan fingerprint density at radius 2 is 1.55 bits per heavy atom. The van der Waals surface area contributed by atoms with E-state index in [1.54, 1.807) is 31.3 Å². The third kappa shape index (κ3) is 3.71. The van der Waals surface area contributed by atoms with Crippen LogP contribution in [0.4, 0.5) is 5.95 Å². The van der Waals surface area contributed by atoms with Crippen molar-refractivity contribution in [1.82, 2.24) is 14.8 Å². The Morgan fingerprint density at radius 3 is 2.27 bits per heavy atom. The fraction of sp³-hybridized carbons (Fsp3) is 0.192. The Hall–Kier alpha value is -4.13. The van der Waals surface area contributed by atoms with Crippen LogP contribution in [0, 0.1) is 0 Å². The first-order valence-electron chi connectivity index (χ1n) is 10.8. The van der Waals surface area contributed by atoms with Crippen LogP contribution in [0.5, 0.6) is 11.5 Å². The lowest BCUT2D eigenvalue weighted by Gasteiger charge is -2.39. The van der Waals surface area contributed by atoms with Gasteiger partial charge >= 0.3 is 0 Å². The van der Waals surface area contributed by atoms with Crippen molar-refractivity contribution in [3.8, 4) is 11.5 Å². The molecule has 0 unspecified atom stereocenters. The molecule has 1 amide bonds. The Morgan fingerprint density at radius 1 is 0.848 bits per heavy atom. The van der Waals surface area contributed by atoms with Gasteiger partial charge in [0.05, 0.1) is 31.9 Å². The summed E-state index contributed by atoms with van der Waals surface area (Å²) < 4.78 is 12.7. The number of hydrogen-bond acceptors (Lipinski definition) is 5. The Kier molecular flexibility index (Phi) is 5.52. The van der Waals surface area contributed by atoms with E-state index in [2.05, 4.69) is 22.2 Å². The Labute approximate surface area is 192 Å². The lowest BCUT2D eigenvalue weighted by atomic mass is 9.91.